The van der Waals surface area contributed by atoms with E-state index in [1.807, 2.05) is 0 Å². The molecule has 0 aliphatic rings. The number of benzene rings is 1. The number of rotatable bonds is 3. The van der Waals surface area contributed by atoms with E-state index in [-0.39, 0.29) is 11.4 Å². The van der Waals surface area contributed by atoms with Gasteiger partial charge in [0.2, 0.25) is 0 Å². The Kier molecular flexibility index (Phi) is 4.37. The summed E-state index contributed by atoms with van der Waals surface area (Å²) in [6, 6.07) is 5.69. The summed E-state index contributed by atoms with van der Waals surface area (Å²) in [5.41, 5.74) is -0.722. The second-order valence-electron chi connectivity index (χ2n) is 4.29. The average molecular weight is 355 g/mol. The Hall–Kier alpha value is -2.22. The molecule has 1 aromatic heterocycles. The molecule has 8 heteroatoms. The number of hydrogen-bond donors (Lipinski definition) is 1. The maximum absolute atomic E-state index is 13.6. The SMILES string of the molecule is CN(N=Cc1cc(Br)ccc1F)c1cc(=O)n(C)c(=O)[nH]1. The average Bonchev–Trinajstić information content (AvgIpc) is 2.44. The number of nitrogens with one attached hydrogen (secondary N) is 1. The second-order valence-corrected chi connectivity index (χ2v) is 5.21. The predicted molar refractivity (Wildman–Crippen MR) is 82.4 cm³/mol. The maximum Gasteiger partial charge on any atom is 0.329 e. The zero-order valence-corrected chi connectivity index (χ0v) is 12.9. The number of halogens is 2. The van der Waals surface area contributed by atoms with Gasteiger partial charge in [-0.1, -0.05) is 15.9 Å². The van der Waals surface area contributed by atoms with Crippen LogP contribution < -0.4 is 16.3 Å². The van der Waals surface area contributed by atoms with Crippen LogP contribution >= 0.6 is 15.9 Å². The normalized spacial score (nSPS) is 11.0. The largest absolute Gasteiger partial charge is 0.329 e. The van der Waals surface area contributed by atoms with Crippen molar-refractivity contribution in [3.8, 4) is 0 Å². The summed E-state index contributed by atoms with van der Waals surface area (Å²) < 4.78 is 15.2. The predicted octanol–water partition coefficient (Wildman–Crippen LogP) is 1.45. The van der Waals surface area contributed by atoms with Gasteiger partial charge < -0.3 is 0 Å². The van der Waals surface area contributed by atoms with Crippen LogP contribution in [0.5, 0.6) is 0 Å². The first-order valence-corrected chi connectivity index (χ1v) is 6.71. The minimum Gasteiger partial charge on any atom is -0.292 e. The van der Waals surface area contributed by atoms with Crippen molar-refractivity contribution in [2.24, 2.45) is 12.1 Å². The van der Waals surface area contributed by atoms with Crippen LogP contribution in [0.25, 0.3) is 0 Å². The topological polar surface area (TPSA) is 70.5 Å². The first-order chi connectivity index (χ1) is 9.88. The number of aromatic nitrogens is 2. The van der Waals surface area contributed by atoms with Gasteiger partial charge in [-0.2, -0.15) is 5.10 Å². The lowest BCUT2D eigenvalue weighted by Gasteiger charge is -2.12. The van der Waals surface area contributed by atoms with Gasteiger partial charge in [-0.05, 0) is 18.2 Å². The molecule has 6 nitrogen and oxygen atoms in total. The third-order valence-electron chi connectivity index (χ3n) is 2.81. The quantitative estimate of drug-likeness (QED) is 0.669. The van der Waals surface area contributed by atoms with Crippen molar-refractivity contribution in [3.05, 3.63) is 61.0 Å². The lowest BCUT2D eigenvalue weighted by Crippen LogP contribution is -2.33. The Morgan fingerprint density at radius 1 is 1.38 bits per heavy atom. The van der Waals surface area contributed by atoms with Crippen LogP contribution in [0.1, 0.15) is 5.56 Å². The highest BCUT2D eigenvalue weighted by Gasteiger charge is 2.05. The Bertz CT molecular complexity index is 781. The molecule has 0 amide bonds. The fraction of sp³-hybridized carbons (Fsp3) is 0.154. The highest BCUT2D eigenvalue weighted by atomic mass is 79.9. The zero-order valence-electron chi connectivity index (χ0n) is 11.3. The van der Waals surface area contributed by atoms with Crippen LogP contribution in [0.4, 0.5) is 10.2 Å². The number of aromatic amines is 1. The molecule has 0 atom stereocenters. The fourth-order valence-corrected chi connectivity index (χ4v) is 1.92. The van der Waals surface area contributed by atoms with Gasteiger partial charge in [0.15, 0.2) is 0 Å². The van der Waals surface area contributed by atoms with Crippen LogP contribution in [-0.4, -0.2) is 22.8 Å². The van der Waals surface area contributed by atoms with Gasteiger partial charge in [-0.15, -0.1) is 0 Å². The highest BCUT2D eigenvalue weighted by Crippen LogP contribution is 2.14. The molecule has 1 heterocycles. The van der Waals surface area contributed by atoms with Crippen LogP contribution in [0.2, 0.25) is 0 Å². The van der Waals surface area contributed by atoms with E-state index in [9.17, 15) is 14.0 Å². The molecule has 0 bridgehead atoms. The molecule has 0 spiro atoms. The summed E-state index contributed by atoms with van der Waals surface area (Å²) in [4.78, 5) is 25.5. The monoisotopic (exact) mass is 354 g/mol. The summed E-state index contributed by atoms with van der Waals surface area (Å²) in [6.07, 6.45) is 1.30. The molecular weight excluding hydrogens is 343 g/mol. The molecule has 2 rings (SSSR count). The van der Waals surface area contributed by atoms with E-state index in [4.69, 9.17) is 0 Å². The first-order valence-electron chi connectivity index (χ1n) is 5.91. The standard InChI is InChI=1S/C13H12BrFN4O2/c1-18-12(20)6-11(17-13(18)21)19(2)16-7-8-5-9(14)3-4-10(8)15/h3-7H,1-2H3,(H,17,21). The van der Waals surface area contributed by atoms with Gasteiger partial charge in [-0.25, -0.2) is 9.18 Å². The van der Waals surface area contributed by atoms with Gasteiger partial charge in [0.1, 0.15) is 11.6 Å². The minimum atomic E-state index is -0.548. The molecular formula is C13H12BrFN4O2. The third kappa shape index (κ3) is 3.46. The lowest BCUT2D eigenvalue weighted by atomic mass is 10.2. The molecule has 1 N–H and O–H groups in total. The Morgan fingerprint density at radius 3 is 2.76 bits per heavy atom. The number of hydrogen-bond acceptors (Lipinski definition) is 4. The van der Waals surface area contributed by atoms with E-state index in [2.05, 4.69) is 26.0 Å². The number of hydrazone groups is 1. The van der Waals surface area contributed by atoms with Crippen molar-refractivity contribution in [1.82, 2.24) is 9.55 Å². The summed E-state index contributed by atoms with van der Waals surface area (Å²) in [5, 5.41) is 5.29. The van der Waals surface area contributed by atoms with Crippen LogP contribution in [0.3, 0.4) is 0 Å². The Morgan fingerprint density at radius 2 is 2.10 bits per heavy atom. The minimum absolute atomic E-state index is 0.217. The van der Waals surface area contributed by atoms with E-state index in [1.165, 1.54) is 37.5 Å². The summed E-state index contributed by atoms with van der Waals surface area (Å²) in [6.45, 7) is 0. The van der Waals surface area contributed by atoms with Gasteiger partial charge >= 0.3 is 5.69 Å². The molecule has 0 aliphatic heterocycles. The van der Waals surface area contributed by atoms with E-state index in [1.54, 1.807) is 12.1 Å². The van der Waals surface area contributed by atoms with Gasteiger partial charge in [0.05, 0.1) is 6.21 Å². The summed E-state index contributed by atoms with van der Waals surface area (Å²) >= 11 is 3.24. The highest BCUT2D eigenvalue weighted by molar-refractivity contribution is 9.10. The molecule has 21 heavy (non-hydrogen) atoms. The Labute approximate surface area is 127 Å². The van der Waals surface area contributed by atoms with Crippen molar-refractivity contribution in [2.75, 3.05) is 12.1 Å². The third-order valence-corrected chi connectivity index (χ3v) is 3.30. The van der Waals surface area contributed by atoms with Gasteiger partial charge in [0, 0.05) is 30.2 Å². The molecule has 0 saturated heterocycles. The van der Waals surface area contributed by atoms with Crippen molar-refractivity contribution in [3.63, 3.8) is 0 Å². The number of H-pyrrole nitrogens is 1. The van der Waals surface area contributed by atoms with Gasteiger partial charge in [0.25, 0.3) is 5.56 Å². The van der Waals surface area contributed by atoms with Crippen molar-refractivity contribution in [2.45, 2.75) is 0 Å². The van der Waals surface area contributed by atoms with E-state index >= 15 is 0 Å². The second kappa shape index (κ2) is 6.04. The van der Waals surface area contributed by atoms with Crippen LogP contribution in [0.15, 0.2) is 43.4 Å². The molecule has 0 unspecified atom stereocenters. The van der Waals surface area contributed by atoms with Crippen LogP contribution in [0, 0.1) is 5.82 Å². The van der Waals surface area contributed by atoms with E-state index in [0.29, 0.717) is 0 Å². The maximum atomic E-state index is 13.6. The van der Waals surface area contributed by atoms with Crippen LogP contribution in [-0.2, 0) is 7.05 Å². The zero-order chi connectivity index (χ0) is 15.6. The van der Waals surface area contributed by atoms with E-state index < -0.39 is 17.1 Å². The molecule has 0 saturated carbocycles. The molecule has 0 fully saturated rings. The smallest absolute Gasteiger partial charge is 0.292 e. The first kappa shape index (κ1) is 15.2. The molecule has 0 aliphatic carbocycles. The lowest BCUT2D eigenvalue weighted by molar-refractivity contribution is 0.625. The van der Waals surface area contributed by atoms with Gasteiger partial charge in [-0.3, -0.25) is 19.4 Å². The van der Waals surface area contributed by atoms with Crippen molar-refractivity contribution < 1.29 is 4.39 Å². The molecule has 0 radical (unpaired) electrons. The summed E-state index contributed by atoms with van der Waals surface area (Å²) in [5.74, 6) is -0.206. The van der Waals surface area contributed by atoms with Crippen molar-refractivity contribution in [1.29, 1.82) is 0 Å². The Balaban J connectivity index is 2.31. The van der Waals surface area contributed by atoms with E-state index in [0.717, 1.165) is 9.04 Å². The number of nitrogens with zero attached hydrogens (tertiary/aromatic N) is 3. The summed E-state index contributed by atoms with van der Waals surface area (Å²) in [7, 11) is 2.90. The fourth-order valence-electron chi connectivity index (χ4n) is 1.54. The molecule has 1 aromatic carbocycles. The van der Waals surface area contributed by atoms with Crippen molar-refractivity contribution >= 4 is 28.0 Å². The molecule has 110 valence electrons. The molecule has 2 aromatic rings. The number of anilines is 1.